The van der Waals surface area contributed by atoms with E-state index in [4.69, 9.17) is 18.6 Å². The number of carbonyl (C=O) groups is 1. The van der Waals surface area contributed by atoms with E-state index in [1.165, 1.54) is 6.08 Å². The third-order valence-electron chi connectivity index (χ3n) is 4.38. The van der Waals surface area contributed by atoms with Gasteiger partial charge in [0, 0.05) is 23.1 Å². The molecular weight excluding hydrogens is 358 g/mol. The number of ether oxygens (including phenoxy) is 3. The molecule has 3 rings (SSSR count). The molecule has 1 amide bonds. The van der Waals surface area contributed by atoms with Crippen molar-refractivity contribution in [3.05, 3.63) is 59.9 Å². The quantitative estimate of drug-likeness (QED) is 0.616. The van der Waals surface area contributed by atoms with Gasteiger partial charge < -0.3 is 23.9 Å². The number of rotatable bonds is 7. The van der Waals surface area contributed by atoms with Crippen LogP contribution in [-0.2, 0) is 4.79 Å². The lowest BCUT2D eigenvalue weighted by molar-refractivity contribution is -0.117. The monoisotopic (exact) mass is 381 g/mol. The second-order valence-corrected chi connectivity index (χ2v) is 6.20. The van der Waals surface area contributed by atoms with Crippen molar-refractivity contribution >= 4 is 23.0 Å². The van der Waals surface area contributed by atoms with Crippen LogP contribution in [0, 0.1) is 0 Å². The van der Waals surface area contributed by atoms with Gasteiger partial charge in [-0.15, -0.1) is 0 Å². The van der Waals surface area contributed by atoms with Crippen LogP contribution in [0.15, 0.2) is 53.0 Å². The molecule has 6 nitrogen and oxygen atoms in total. The Morgan fingerprint density at radius 2 is 1.68 bits per heavy atom. The van der Waals surface area contributed by atoms with Crippen LogP contribution in [0.2, 0.25) is 0 Å². The predicted octanol–water partition coefficient (Wildman–Crippen LogP) is 4.35. The fraction of sp³-hybridized carbons (Fsp3) is 0.227. The number of benzene rings is 2. The summed E-state index contributed by atoms with van der Waals surface area (Å²) in [5, 5.41) is 3.90. The largest absolute Gasteiger partial charge is 0.496 e. The molecule has 0 saturated carbocycles. The maximum absolute atomic E-state index is 12.4. The molecule has 0 spiro atoms. The smallest absolute Gasteiger partial charge is 0.244 e. The zero-order valence-corrected chi connectivity index (χ0v) is 16.3. The van der Waals surface area contributed by atoms with Gasteiger partial charge in [0.15, 0.2) is 11.5 Å². The zero-order chi connectivity index (χ0) is 20.1. The molecule has 3 aromatic rings. The molecule has 146 valence electrons. The number of para-hydroxylation sites is 1. The summed E-state index contributed by atoms with van der Waals surface area (Å²) in [6.07, 6.45) is 3.12. The van der Waals surface area contributed by atoms with Crippen molar-refractivity contribution in [2.75, 3.05) is 21.3 Å². The van der Waals surface area contributed by atoms with Gasteiger partial charge >= 0.3 is 0 Å². The van der Waals surface area contributed by atoms with Gasteiger partial charge in [0.2, 0.25) is 5.91 Å². The molecule has 28 heavy (non-hydrogen) atoms. The van der Waals surface area contributed by atoms with Gasteiger partial charge in [0.25, 0.3) is 0 Å². The first kappa shape index (κ1) is 19.4. The normalized spacial score (nSPS) is 12.1. The zero-order valence-electron chi connectivity index (χ0n) is 16.3. The highest BCUT2D eigenvalue weighted by Crippen LogP contribution is 2.35. The first-order valence-corrected chi connectivity index (χ1v) is 8.82. The van der Waals surface area contributed by atoms with Crippen LogP contribution in [0.4, 0.5) is 0 Å². The van der Waals surface area contributed by atoms with Crippen molar-refractivity contribution < 1.29 is 23.4 Å². The summed E-state index contributed by atoms with van der Waals surface area (Å²) in [5.74, 6) is 2.14. The average molecular weight is 381 g/mol. The standard InChI is InChI=1S/C22H23NO5/c1-14(18-11-15-7-5-6-8-17(15)28-18)23-22(24)10-9-16-12-20(26-3)21(27-4)13-19(16)25-2/h5-14H,1-4H3,(H,23,24)/b10-9+/t14-/m0/s1. The molecule has 1 atom stereocenters. The van der Waals surface area contributed by atoms with Gasteiger partial charge in [-0.25, -0.2) is 0 Å². The molecule has 1 N–H and O–H groups in total. The molecule has 0 saturated heterocycles. The van der Waals surface area contributed by atoms with Crippen molar-refractivity contribution in [1.82, 2.24) is 5.32 Å². The molecule has 2 aromatic carbocycles. The van der Waals surface area contributed by atoms with Crippen molar-refractivity contribution in [2.24, 2.45) is 0 Å². The molecule has 6 heteroatoms. The number of nitrogens with one attached hydrogen (secondary N) is 1. The summed E-state index contributed by atoms with van der Waals surface area (Å²) in [5.41, 5.74) is 1.50. The minimum absolute atomic E-state index is 0.246. The van der Waals surface area contributed by atoms with Crippen LogP contribution in [-0.4, -0.2) is 27.2 Å². The number of carbonyl (C=O) groups excluding carboxylic acids is 1. The summed E-state index contributed by atoms with van der Waals surface area (Å²) >= 11 is 0. The Morgan fingerprint density at radius 3 is 2.36 bits per heavy atom. The van der Waals surface area contributed by atoms with Gasteiger partial charge in [-0.1, -0.05) is 18.2 Å². The molecule has 0 aliphatic carbocycles. The Hall–Kier alpha value is -3.41. The Balaban J connectivity index is 1.74. The second kappa shape index (κ2) is 8.52. The van der Waals surface area contributed by atoms with E-state index in [9.17, 15) is 4.79 Å². The van der Waals surface area contributed by atoms with E-state index in [1.807, 2.05) is 37.3 Å². The highest BCUT2D eigenvalue weighted by molar-refractivity contribution is 5.92. The number of fused-ring (bicyclic) bond motifs is 1. The van der Waals surface area contributed by atoms with Crippen LogP contribution >= 0.6 is 0 Å². The molecule has 1 heterocycles. The van der Waals surface area contributed by atoms with Crippen molar-refractivity contribution in [2.45, 2.75) is 13.0 Å². The second-order valence-electron chi connectivity index (χ2n) is 6.20. The summed E-state index contributed by atoms with van der Waals surface area (Å²) < 4.78 is 21.7. The lowest BCUT2D eigenvalue weighted by atomic mass is 10.1. The summed E-state index contributed by atoms with van der Waals surface area (Å²) in [4.78, 5) is 12.4. The summed E-state index contributed by atoms with van der Waals surface area (Å²) in [6.45, 7) is 1.88. The molecule has 0 aliphatic heterocycles. The maximum Gasteiger partial charge on any atom is 0.244 e. The molecule has 0 fully saturated rings. The maximum atomic E-state index is 12.4. The van der Waals surface area contributed by atoms with E-state index in [0.717, 1.165) is 11.0 Å². The van der Waals surface area contributed by atoms with Crippen LogP contribution in [0.5, 0.6) is 17.2 Å². The van der Waals surface area contributed by atoms with Gasteiger partial charge in [0.1, 0.15) is 17.1 Å². The molecular formula is C22H23NO5. The van der Waals surface area contributed by atoms with E-state index in [1.54, 1.807) is 39.5 Å². The number of furan rings is 1. The van der Waals surface area contributed by atoms with Crippen LogP contribution in [0.25, 0.3) is 17.0 Å². The van der Waals surface area contributed by atoms with Crippen molar-refractivity contribution in [3.63, 3.8) is 0 Å². The van der Waals surface area contributed by atoms with Crippen LogP contribution in [0.1, 0.15) is 24.3 Å². The predicted molar refractivity (Wildman–Crippen MR) is 108 cm³/mol. The summed E-state index contributed by atoms with van der Waals surface area (Å²) in [7, 11) is 4.67. The molecule has 0 unspecified atom stereocenters. The first-order valence-electron chi connectivity index (χ1n) is 8.82. The van der Waals surface area contributed by atoms with E-state index in [0.29, 0.717) is 28.6 Å². The Labute approximate surface area is 163 Å². The van der Waals surface area contributed by atoms with Gasteiger partial charge in [-0.2, -0.15) is 0 Å². The van der Waals surface area contributed by atoms with Gasteiger partial charge in [-0.05, 0) is 31.2 Å². The van der Waals surface area contributed by atoms with E-state index < -0.39 is 0 Å². The van der Waals surface area contributed by atoms with Crippen molar-refractivity contribution in [1.29, 1.82) is 0 Å². The number of amides is 1. The van der Waals surface area contributed by atoms with E-state index in [-0.39, 0.29) is 11.9 Å². The highest BCUT2D eigenvalue weighted by atomic mass is 16.5. The Kier molecular flexibility index (Phi) is 5.89. The number of hydrogen-bond acceptors (Lipinski definition) is 5. The SMILES string of the molecule is COc1cc(OC)c(OC)cc1/C=C/C(=O)N[C@@H](C)c1cc2ccccc2o1. The topological polar surface area (TPSA) is 69.9 Å². The van der Waals surface area contributed by atoms with E-state index >= 15 is 0 Å². The molecule has 0 radical (unpaired) electrons. The number of hydrogen-bond donors (Lipinski definition) is 1. The molecule has 0 bridgehead atoms. The number of methoxy groups -OCH3 is 3. The average Bonchev–Trinajstić information content (AvgIpc) is 3.16. The van der Waals surface area contributed by atoms with Gasteiger partial charge in [0.05, 0.1) is 27.4 Å². The van der Waals surface area contributed by atoms with Gasteiger partial charge in [-0.3, -0.25) is 4.79 Å². The molecule has 1 aromatic heterocycles. The third-order valence-corrected chi connectivity index (χ3v) is 4.38. The van der Waals surface area contributed by atoms with Crippen molar-refractivity contribution in [3.8, 4) is 17.2 Å². The third kappa shape index (κ3) is 4.11. The minimum Gasteiger partial charge on any atom is -0.496 e. The summed E-state index contributed by atoms with van der Waals surface area (Å²) in [6, 6.07) is 12.9. The minimum atomic E-state index is -0.267. The molecule has 0 aliphatic rings. The van der Waals surface area contributed by atoms with Crippen LogP contribution < -0.4 is 19.5 Å². The first-order chi connectivity index (χ1) is 13.5. The van der Waals surface area contributed by atoms with E-state index in [2.05, 4.69) is 5.32 Å². The lowest BCUT2D eigenvalue weighted by Crippen LogP contribution is -2.24. The Morgan fingerprint density at radius 1 is 1.00 bits per heavy atom. The van der Waals surface area contributed by atoms with Crippen LogP contribution in [0.3, 0.4) is 0 Å². The fourth-order valence-electron chi connectivity index (χ4n) is 2.90. The lowest BCUT2D eigenvalue weighted by Gasteiger charge is -2.12. The highest BCUT2D eigenvalue weighted by Gasteiger charge is 2.14. The Bertz CT molecular complexity index is 972. The fourth-order valence-corrected chi connectivity index (χ4v) is 2.90.